The number of hydrogen-bond donors (Lipinski definition) is 1. The van der Waals surface area contributed by atoms with Crippen molar-refractivity contribution in [3.05, 3.63) is 102 Å². The molecule has 0 atom stereocenters. The van der Waals surface area contributed by atoms with Crippen LogP contribution in [-0.2, 0) is 0 Å². The van der Waals surface area contributed by atoms with Gasteiger partial charge < -0.3 is 10.2 Å². The normalized spacial score (nSPS) is 12.8. The SMILES string of the molecule is CCN=C1C=CC(=C(c2ccc(N(CC)CC)cc2)c2ccc(NC)c3ccccc23)C=C1. The molecule has 0 aromatic heterocycles. The van der Waals surface area contributed by atoms with E-state index in [1.807, 2.05) is 7.05 Å². The molecule has 33 heavy (non-hydrogen) atoms. The third-order valence-corrected chi connectivity index (χ3v) is 6.24. The van der Waals surface area contributed by atoms with Crippen molar-refractivity contribution in [1.29, 1.82) is 0 Å². The van der Waals surface area contributed by atoms with Gasteiger partial charge in [0.05, 0.1) is 5.71 Å². The van der Waals surface area contributed by atoms with Gasteiger partial charge in [0.1, 0.15) is 0 Å². The van der Waals surface area contributed by atoms with Gasteiger partial charge in [-0.3, -0.25) is 4.99 Å². The number of rotatable bonds is 7. The lowest BCUT2D eigenvalue weighted by atomic mass is 9.87. The second-order valence-electron chi connectivity index (χ2n) is 8.07. The first kappa shape index (κ1) is 22.6. The van der Waals surface area contributed by atoms with Crippen LogP contribution in [0.3, 0.4) is 0 Å². The van der Waals surface area contributed by atoms with Crippen molar-refractivity contribution in [1.82, 2.24) is 0 Å². The summed E-state index contributed by atoms with van der Waals surface area (Å²) in [5.41, 5.74) is 8.31. The summed E-state index contributed by atoms with van der Waals surface area (Å²) in [6, 6.07) is 22.1. The first-order valence-corrected chi connectivity index (χ1v) is 11.9. The van der Waals surface area contributed by atoms with Crippen molar-refractivity contribution >= 4 is 33.4 Å². The average molecular weight is 436 g/mol. The molecule has 0 saturated carbocycles. The van der Waals surface area contributed by atoms with Gasteiger partial charge in [0, 0.05) is 43.4 Å². The summed E-state index contributed by atoms with van der Waals surface area (Å²) in [6.45, 7) is 9.27. The van der Waals surface area contributed by atoms with Crippen molar-refractivity contribution in [2.24, 2.45) is 4.99 Å². The second-order valence-corrected chi connectivity index (χ2v) is 8.07. The number of benzene rings is 3. The molecule has 168 valence electrons. The average Bonchev–Trinajstić information content (AvgIpc) is 2.87. The summed E-state index contributed by atoms with van der Waals surface area (Å²) in [5, 5.41) is 5.82. The number of aliphatic imine (C=N–C) groups is 1. The van der Waals surface area contributed by atoms with Crippen LogP contribution in [0.5, 0.6) is 0 Å². The number of anilines is 2. The molecule has 0 radical (unpaired) electrons. The highest BCUT2D eigenvalue weighted by atomic mass is 15.1. The third kappa shape index (κ3) is 4.63. The topological polar surface area (TPSA) is 27.6 Å². The summed E-state index contributed by atoms with van der Waals surface area (Å²) >= 11 is 0. The van der Waals surface area contributed by atoms with Crippen molar-refractivity contribution < 1.29 is 0 Å². The highest BCUT2D eigenvalue weighted by Gasteiger charge is 2.16. The van der Waals surface area contributed by atoms with E-state index in [0.717, 1.165) is 31.0 Å². The smallest absolute Gasteiger partial charge is 0.0574 e. The molecule has 0 spiro atoms. The fourth-order valence-electron chi connectivity index (χ4n) is 4.56. The van der Waals surface area contributed by atoms with Crippen molar-refractivity contribution in [2.45, 2.75) is 20.8 Å². The lowest BCUT2D eigenvalue weighted by Gasteiger charge is -2.22. The van der Waals surface area contributed by atoms with E-state index < -0.39 is 0 Å². The second kappa shape index (κ2) is 10.4. The van der Waals surface area contributed by atoms with Gasteiger partial charge >= 0.3 is 0 Å². The molecule has 3 aromatic rings. The largest absolute Gasteiger partial charge is 0.388 e. The molecule has 1 aliphatic rings. The summed E-state index contributed by atoms with van der Waals surface area (Å²) < 4.78 is 0. The summed E-state index contributed by atoms with van der Waals surface area (Å²) in [4.78, 5) is 6.93. The molecule has 0 saturated heterocycles. The zero-order valence-corrected chi connectivity index (χ0v) is 20.1. The lowest BCUT2D eigenvalue weighted by molar-refractivity contribution is 0.866. The maximum absolute atomic E-state index is 4.55. The van der Waals surface area contributed by atoms with Gasteiger partial charge in [0.2, 0.25) is 0 Å². The van der Waals surface area contributed by atoms with E-state index in [4.69, 9.17) is 0 Å². The Balaban J connectivity index is 1.92. The van der Waals surface area contributed by atoms with Gasteiger partial charge in [-0.25, -0.2) is 0 Å². The minimum absolute atomic E-state index is 0.791. The molecule has 0 fully saturated rings. The molecule has 4 rings (SSSR count). The number of hydrogen-bond acceptors (Lipinski definition) is 3. The highest BCUT2D eigenvalue weighted by Crippen LogP contribution is 2.37. The van der Waals surface area contributed by atoms with Gasteiger partial charge in [-0.1, -0.05) is 54.6 Å². The quantitative estimate of drug-likeness (QED) is 0.428. The van der Waals surface area contributed by atoms with E-state index in [9.17, 15) is 0 Å². The Morgan fingerprint density at radius 1 is 0.788 bits per heavy atom. The molecule has 1 N–H and O–H groups in total. The van der Waals surface area contributed by atoms with E-state index in [1.54, 1.807) is 0 Å². The number of fused-ring (bicyclic) bond motifs is 1. The maximum Gasteiger partial charge on any atom is 0.0574 e. The molecular weight excluding hydrogens is 402 g/mol. The van der Waals surface area contributed by atoms with E-state index in [-0.39, 0.29) is 0 Å². The van der Waals surface area contributed by atoms with Crippen molar-refractivity contribution in [3.8, 4) is 0 Å². The summed E-state index contributed by atoms with van der Waals surface area (Å²) in [5.74, 6) is 0. The van der Waals surface area contributed by atoms with E-state index in [1.165, 1.54) is 38.7 Å². The van der Waals surface area contributed by atoms with Crippen LogP contribution in [0, 0.1) is 0 Å². The predicted octanol–water partition coefficient (Wildman–Crippen LogP) is 7.12. The standard InChI is InChI=1S/C30H33N3/c1-5-32-24-16-12-22(13-17-24)30(23-14-18-25(19-15-23)33(6-2)7-3)28-20-21-29(31-4)27-11-9-8-10-26(27)28/h8-21,31H,5-7H2,1-4H3. The van der Waals surface area contributed by atoms with Crippen LogP contribution in [0.2, 0.25) is 0 Å². The van der Waals surface area contributed by atoms with E-state index in [0.29, 0.717) is 0 Å². The fraction of sp³-hybridized carbons (Fsp3) is 0.233. The Morgan fingerprint density at radius 2 is 1.45 bits per heavy atom. The van der Waals surface area contributed by atoms with Gasteiger partial charge in [-0.05, 0) is 78.8 Å². The third-order valence-electron chi connectivity index (χ3n) is 6.24. The molecule has 0 aliphatic heterocycles. The number of nitrogens with zero attached hydrogens (tertiary/aromatic N) is 2. The monoisotopic (exact) mass is 435 g/mol. The summed E-state index contributed by atoms with van der Waals surface area (Å²) in [6.07, 6.45) is 8.63. The molecule has 0 bridgehead atoms. The first-order valence-electron chi connectivity index (χ1n) is 11.9. The predicted molar refractivity (Wildman–Crippen MR) is 146 cm³/mol. The van der Waals surface area contributed by atoms with Crippen LogP contribution >= 0.6 is 0 Å². The molecule has 0 unspecified atom stereocenters. The van der Waals surface area contributed by atoms with Crippen LogP contribution in [0.1, 0.15) is 31.9 Å². The van der Waals surface area contributed by atoms with Gasteiger partial charge in [-0.15, -0.1) is 0 Å². The number of allylic oxidation sites excluding steroid dienone is 5. The first-order chi connectivity index (χ1) is 16.2. The zero-order chi connectivity index (χ0) is 23.2. The van der Waals surface area contributed by atoms with Crippen molar-refractivity contribution in [2.75, 3.05) is 36.9 Å². The lowest BCUT2D eigenvalue weighted by Crippen LogP contribution is -2.21. The van der Waals surface area contributed by atoms with E-state index >= 15 is 0 Å². The van der Waals surface area contributed by atoms with Crippen LogP contribution in [0.15, 0.2) is 95.5 Å². The van der Waals surface area contributed by atoms with Gasteiger partial charge in [0.15, 0.2) is 0 Å². The molecule has 0 heterocycles. The fourth-order valence-corrected chi connectivity index (χ4v) is 4.56. The Labute approximate surface area is 197 Å². The van der Waals surface area contributed by atoms with Gasteiger partial charge in [0.25, 0.3) is 0 Å². The van der Waals surface area contributed by atoms with Crippen LogP contribution in [0.4, 0.5) is 11.4 Å². The highest BCUT2D eigenvalue weighted by molar-refractivity contribution is 6.09. The molecular formula is C30H33N3. The summed E-state index contributed by atoms with van der Waals surface area (Å²) in [7, 11) is 1.98. The van der Waals surface area contributed by atoms with Crippen LogP contribution in [0.25, 0.3) is 16.3 Å². The Morgan fingerprint density at radius 3 is 2.06 bits per heavy atom. The van der Waals surface area contributed by atoms with E-state index in [2.05, 4.69) is 121 Å². The molecule has 0 amide bonds. The van der Waals surface area contributed by atoms with Crippen LogP contribution < -0.4 is 10.2 Å². The molecule has 3 nitrogen and oxygen atoms in total. The Kier molecular flexibility index (Phi) is 7.09. The van der Waals surface area contributed by atoms with Crippen molar-refractivity contribution in [3.63, 3.8) is 0 Å². The Hall–Kier alpha value is -3.59. The molecule has 3 heteroatoms. The number of nitrogens with one attached hydrogen (secondary N) is 1. The minimum Gasteiger partial charge on any atom is -0.388 e. The van der Waals surface area contributed by atoms with Crippen LogP contribution in [-0.4, -0.2) is 32.4 Å². The Bertz CT molecular complexity index is 1220. The molecule has 1 aliphatic carbocycles. The van der Waals surface area contributed by atoms with Gasteiger partial charge in [-0.2, -0.15) is 0 Å². The zero-order valence-electron chi connectivity index (χ0n) is 20.1. The maximum atomic E-state index is 4.55. The molecule has 3 aromatic carbocycles. The minimum atomic E-state index is 0.791.